The van der Waals surface area contributed by atoms with E-state index in [0.29, 0.717) is 25.2 Å². The van der Waals surface area contributed by atoms with E-state index in [2.05, 4.69) is 17.0 Å². The van der Waals surface area contributed by atoms with E-state index in [0.717, 1.165) is 25.2 Å². The molecule has 4 rings (SSSR count). The number of aryl methyl sites for hydroxylation is 1. The first-order chi connectivity index (χ1) is 16.5. The summed E-state index contributed by atoms with van der Waals surface area (Å²) in [4.78, 5) is 17.6. The van der Waals surface area contributed by atoms with Crippen LogP contribution in [0.2, 0.25) is 0 Å². The summed E-state index contributed by atoms with van der Waals surface area (Å²) < 4.78 is 28.5. The van der Waals surface area contributed by atoms with Crippen LogP contribution in [0.4, 0.5) is 5.69 Å². The number of rotatable bonds is 8. The Balaban J connectivity index is 1.51. The van der Waals surface area contributed by atoms with Crippen molar-refractivity contribution in [3.8, 4) is 0 Å². The molecule has 1 fully saturated rings. The van der Waals surface area contributed by atoms with Gasteiger partial charge in [0, 0.05) is 32.7 Å². The first-order valence-corrected chi connectivity index (χ1v) is 13.1. The smallest absolute Gasteiger partial charge is 0.264 e. The molecule has 1 aliphatic heterocycles. The summed E-state index contributed by atoms with van der Waals surface area (Å²) in [6, 6.07) is 26.0. The Labute approximate surface area is 202 Å². The van der Waals surface area contributed by atoms with Crippen molar-refractivity contribution < 1.29 is 13.2 Å². The highest BCUT2D eigenvalue weighted by atomic mass is 32.2. The van der Waals surface area contributed by atoms with Gasteiger partial charge < -0.3 is 4.90 Å². The Morgan fingerprint density at radius 3 is 2.06 bits per heavy atom. The number of para-hydroxylation sites is 1. The maximum absolute atomic E-state index is 13.6. The molecular weight excluding hydrogens is 446 g/mol. The number of carbonyl (C=O) groups excluding carboxylic acids is 1. The maximum Gasteiger partial charge on any atom is 0.264 e. The van der Waals surface area contributed by atoms with Crippen LogP contribution in [0.25, 0.3) is 0 Å². The second kappa shape index (κ2) is 10.8. The molecule has 1 aliphatic rings. The summed E-state index contributed by atoms with van der Waals surface area (Å²) >= 11 is 0. The van der Waals surface area contributed by atoms with E-state index < -0.39 is 10.0 Å². The summed E-state index contributed by atoms with van der Waals surface area (Å²) in [5, 5.41) is 0. The fraction of sp³-hybridized carbons (Fsp3) is 0.296. The van der Waals surface area contributed by atoms with Crippen LogP contribution in [0.5, 0.6) is 0 Å². The van der Waals surface area contributed by atoms with Crippen molar-refractivity contribution in [3.63, 3.8) is 0 Å². The summed E-state index contributed by atoms with van der Waals surface area (Å²) in [5.41, 5.74) is 2.70. The molecule has 1 heterocycles. The molecule has 1 amide bonds. The van der Waals surface area contributed by atoms with E-state index in [1.165, 1.54) is 9.87 Å². The number of benzene rings is 3. The van der Waals surface area contributed by atoms with Crippen LogP contribution in [0, 0.1) is 0 Å². The minimum absolute atomic E-state index is 0.176. The first-order valence-electron chi connectivity index (χ1n) is 11.7. The highest BCUT2D eigenvalue weighted by molar-refractivity contribution is 7.92. The third kappa shape index (κ3) is 5.48. The molecule has 7 heteroatoms. The van der Waals surface area contributed by atoms with Gasteiger partial charge in [0.2, 0.25) is 5.91 Å². The number of nitrogens with zero attached hydrogens (tertiary/aromatic N) is 3. The predicted molar refractivity (Wildman–Crippen MR) is 135 cm³/mol. The normalized spacial score (nSPS) is 14.7. The van der Waals surface area contributed by atoms with Crippen molar-refractivity contribution in [1.82, 2.24) is 9.80 Å². The van der Waals surface area contributed by atoms with Crippen molar-refractivity contribution >= 4 is 21.6 Å². The molecule has 3 aromatic rings. The Morgan fingerprint density at radius 1 is 0.824 bits per heavy atom. The first kappa shape index (κ1) is 24.0. The summed E-state index contributed by atoms with van der Waals surface area (Å²) in [6.45, 7) is 5.31. The number of hydrogen-bond donors (Lipinski definition) is 0. The molecule has 0 aliphatic carbocycles. The standard InChI is InChI=1S/C27H31N3O3S/c1-2-24-13-9-10-16-26(24)30(34(32,33)25-14-7-4-8-15-25)22-27(31)29-19-17-28(18-20-29)21-23-11-5-3-6-12-23/h3-16H,2,17-22H2,1H3. The van der Waals surface area contributed by atoms with Crippen molar-refractivity contribution in [3.05, 3.63) is 96.1 Å². The van der Waals surface area contributed by atoms with Crippen molar-refractivity contribution in [2.75, 3.05) is 37.0 Å². The second-order valence-corrected chi connectivity index (χ2v) is 10.3. The highest BCUT2D eigenvalue weighted by Gasteiger charge is 2.31. The molecule has 6 nitrogen and oxygen atoms in total. The number of hydrogen-bond acceptors (Lipinski definition) is 4. The number of sulfonamides is 1. The average Bonchev–Trinajstić information content (AvgIpc) is 2.88. The van der Waals surface area contributed by atoms with Gasteiger partial charge in [-0.25, -0.2) is 8.42 Å². The fourth-order valence-electron chi connectivity index (χ4n) is 4.29. The van der Waals surface area contributed by atoms with Gasteiger partial charge in [0.1, 0.15) is 6.54 Å². The van der Waals surface area contributed by atoms with Gasteiger partial charge in [-0.05, 0) is 35.7 Å². The quantitative estimate of drug-likeness (QED) is 0.495. The number of carbonyl (C=O) groups is 1. The van der Waals surface area contributed by atoms with Gasteiger partial charge in [-0.2, -0.15) is 0 Å². The van der Waals surface area contributed by atoms with Crippen LogP contribution >= 0.6 is 0 Å². The lowest BCUT2D eigenvalue weighted by Gasteiger charge is -2.36. The van der Waals surface area contributed by atoms with Gasteiger partial charge in [-0.1, -0.05) is 73.7 Å². The monoisotopic (exact) mass is 477 g/mol. The Morgan fingerprint density at radius 2 is 1.41 bits per heavy atom. The summed E-state index contributed by atoms with van der Waals surface area (Å²) in [7, 11) is -3.90. The SMILES string of the molecule is CCc1ccccc1N(CC(=O)N1CCN(Cc2ccccc2)CC1)S(=O)(=O)c1ccccc1. The van der Waals surface area contributed by atoms with Gasteiger partial charge in [-0.3, -0.25) is 14.0 Å². The van der Waals surface area contributed by atoms with Crippen LogP contribution in [0.15, 0.2) is 89.8 Å². The van der Waals surface area contributed by atoms with E-state index in [1.54, 1.807) is 41.3 Å². The maximum atomic E-state index is 13.6. The third-order valence-electron chi connectivity index (χ3n) is 6.23. The molecule has 0 atom stereocenters. The zero-order valence-electron chi connectivity index (χ0n) is 19.5. The summed E-state index contributed by atoms with van der Waals surface area (Å²) in [5.74, 6) is -0.176. The van der Waals surface area contributed by atoms with Crippen LogP contribution in [-0.2, 0) is 27.8 Å². The number of amides is 1. The van der Waals surface area contributed by atoms with E-state index in [4.69, 9.17) is 0 Å². The molecule has 178 valence electrons. The molecule has 0 bridgehead atoms. The van der Waals surface area contributed by atoms with Gasteiger partial charge in [0.05, 0.1) is 10.6 Å². The van der Waals surface area contributed by atoms with Gasteiger partial charge in [-0.15, -0.1) is 0 Å². The van der Waals surface area contributed by atoms with Crippen LogP contribution in [0.3, 0.4) is 0 Å². The number of anilines is 1. The Kier molecular flexibility index (Phi) is 7.65. The molecule has 0 aromatic heterocycles. The van der Waals surface area contributed by atoms with E-state index in [-0.39, 0.29) is 17.3 Å². The zero-order chi connectivity index (χ0) is 24.0. The molecule has 0 spiro atoms. The molecule has 0 unspecified atom stereocenters. The minimum Gasteiger partial charge on any atom is -0.339 e. The van der Waals surface area contributed by atoms with Crippen LogP contribution < -0.4 is 4.31 Å². The van der Waals surface area contributed by atoms with Crippen molar-refractivity contribution in [1.29, 1.82) is 0 Å². The molecule has 0 N–H and O–H groups in total. The van der Waals surface area contributed by atoms with Gasteiger partial charge in [0.15, 0.2) is 0 Å². The lowest BCUT2D eigenvalue weighted by atomic mass is 10.1. The molecular formula is C27H31N3O3S. The molecule has 1 saturated heterocycles. The van der Waals surface area contributed by atoms with Crippen molar-refractivity contribution in [2.45, 2.75) is 24.8 Å². The highest BCUT2D eigenvalue weighted by Crippen LogP contribution is 2.27. The van der Waals surface area contributed by atoms with E-state index >= 15 is 0 Å². The van der Waals surface area contributed by atoms with E-state index in [1.807, 2.05) is 43.3 Å². The lowest BCUT2D eigenvalue weighted by Crippen LogP contribution is -2.51. The van der Waals surface area contributed by atoms with Gasteiger partial charge >= 0.3 is 0 Å². The Hall–Kier alpha value is -3.16. The average molecular weight is 478 g/mol. The van der Waals surface area contributed by atoms with Gasteiger partial charge in [0.25, 0.3) is 10.0 Å². The van der Waals surface area contributed by atoms with Crippen LogP contribution in [0.1, 0.15) is 18.1 Å². The topological polar surface area (TPSA) is 60.9 Å². The molecule has 0 radical (unpaired) electrons. The third-order valence-corrected chi connectivity index (χ3v) is 8.00. The van der Waals surface area contributed by atoms with Crippen molar-refractivity contribution in [2.24, 2.45) is 0 Å². The largest absolute Gasteiger partial charge is 0.339 e. The van der Waals surface area contributed by atoms with E-state index in [9.17, 15) is 13.2 Å². The molecule has 0 saturated carbocycles. The fourth-order valence-corrected chi connectivity index (χ4v) is 5.77. The second-order valence-electron chi connectivity index (χ2n) is 8.45. The minimum atomic E-state index is -3.90. The molecule has 3 aromatic carbocycles. The Bertz CT molecular complexity index is 1190. The number of piperazine rings is 1. The molecule has 34 heavy (non-hydrogen) atoms. The van der Waals surface area contributed by atoms with Crippen LogP contribution in [-0.4, -0.2) is 56.8 Å². The summed E-state index contributed by atoms with van der Waals surface area (Å²) in [6.07, 6.45) is 0.670. The predicted octanol–water partition coefficient (Wildman–Crippen LogP) is 3.79. The zero-order valence-corrected chi connectivity index (χ0v) is 20.3. The lowest BCUT2D eigenvalue weighted by molar-refractivity contribution is -0.131.